The second-order valence-electron chi connectivity index (χ2n) is 6.14. The van der Waals surface area contributed by atoms with Crippen LogP contribution in [0.5, 0.6) is 0 Å². The van der Waals surface area contributed by atoms with Crippen LogP contribution in [0.1, 0.15) is 6.92 Å². The molecule has 0 bridgehead atoms. The molecule has 8 nitrogen and oxygen atoms in total. The highest BCUT2D eigenvalue weighted by Gasteiger charge is 2.12. The Morgan fingerprint density at radius 1 is 0.964 bits per heavy atom. The first kappa shape index (κ1) is 17.9. The quantitative estimate of drug-likeness (QED) is 0.458. The Hall–Kier alpha value is -3.46. The van der Waals surface area contributed by atoms with Gasteiger partial charge in [-0.1, -0.05) is 13.0 Å². The third kappa shape index (κ3) is 3.79. The fraction of sp³-hybridized carbons (Fsp3) is 0.105. The number of rotatable bonds is 6. The molecule has 2 heterocycles. The minimum atomic E-state index is -3.27. The molecule has 4 rings (SSSR count). The van der Waals surface area contributed by atoms with Crippen molar-refractivity contribution in [2.24, 2.45) is 0 Å². The van der Waals surface area contributed by atoms with Gasteiger partial charge in [-0.15, -0.1) is 0 Å². The zero-order valence-electron chi connectivity index (χ0n) is 15.0. The lowest BCUT2D eigenvalue weighted by atomic mass is 10.2. The van der Waals surface area contributed by atoms with Crippen molar-refractivity contribution in [3.05, 3.63) is 61.1 Å². The molecule has 9 heteroatoms. The molecule has 0 amide bonds. The maximum absolute atomic E-state index is 12.1. The maximum atomic E-state index is 12.1. The summed E-state index contributed by atoms with van der Waals surface area (Å²) in [4.78, 5) is 8.71. The Bertz CT molecular complexity index is 1240. The van der Waals surface area contributed by atoms with Crippen LogP contribution in [0, 0.1) is 0 Å². The van der Waals surface area contributed by atoms with Crippen LogP contribution in [-0.4, -0.2) is 34.3 Å². The van der Waals surface area contributed by atoms with E-state index in [-0.39, 0.29) is 10.6 Å². The molecule has 0 saturated heterocycles. The summed E-state index contributed by atoms with van der Waals surface area (Å²) in [6.07, 6.45) is 3.19. The number of hydrogen-bond donors (Lipinski definition) is 3. The van der Waals surface area contributed by atoms with E-state index in [0.717, 1.165) is 16.6 Å². The highest BCUT2D eigenvalue weighted by Crippen LogP contribution is 2.23. The zero-order chi connectivity index (χ0) is 19.6. The Morgan fingerprint density at radius 2 is 1.71 bits per heavy atom. The number of nitrogens with one attached hydrogen (secondary N) is 3. The number of anilines is 4. The Kier molecular flexibility index (Phi) is 4.66. The van der Waals surface area contributed by atoms with Gasteiger partial charge in [0.1, 0.15) is 18.0 Å². The summed E-state index contributed by atoms with van der Waals surface area (Å²) < 4.78 is 24.1. The van der Waals surface area contributed by atoms with Crippen LogP contribution in [0.2, 0.25) is 0 Å². The predicted octanol–water partition coefficient (Wildman–Crippen LogP) is 3.63. The lowest BCUT2D eigenvalue weighted by molar-refractivity contribution is 0.597. The molecule has 0 fully saturated rings. The van der Waals surface area contributed by atoms with E-state index in [0.29, 0.717) is 17.3 Å². The summed E-state index contributed by atoms with van der Waals surface area (Å²) in [5, 5.41) is 14.3. The summed E-state index contributed by atoms with van der Waals surface area (Å²) in [5.74, 6) is 1.21. The van der Waals surface area contributed by atoms with Crippen molar-refractivity contribution in [3.63, 3.8) is 0 Å². The third-order valence-electron chi connectivity index (χ3n) is 4.23. The van der Waals surface area contributed by atoms with Crippen molar-refractivity contribution < 1.29 is 8.42 Å². The number of benzene rings is 2. The molecule has 142 valence electrons. The average Bonchev–Trinajstić information content (AvgIpc) is 3.16. The number of hydrogen-bond acceptors (Lipinski definition) is 7. The lowest BCUT2D eigenvalue weighted by Crippen LogP contribution is -2.04. The molecular weight excluding hydrogens is 376 g/mol. The standard InChI is InChI=1S/C19H18N6O2S/c1-2-28(26,27)16-5-3-4-14(9-16)23-18-10-19(21-12-20-18)24-15-6-7-17-13(8-15)11-22-25-17/h3-12H,2H2,1H3,(H,22,25)(H2,20,21,23,24). The third-order valence-corrected chi connectivity index (χ3v) is 5.96. The fourth-order valence-corrected chi connectivity index (χ4v) is 3.67. The molecule has 0 saturated carbocycles. The summed E-state index contributed by atoms with van der Waals surface area (Å²) in [5.41, 5.74) is 2.46. The molecule has 0 aliphatic carbocycles. The van der Waals surface area contributed by atoms with E-state index in [9.17, 15) is 8.42 Å². The topological polar surface area (TPSA) is 113 Å². The Balaban J connectivity index is 1.55. The number of H-pyrrole nitrogens is 1. The van der Waals surface area contributed by atoms with Crippen LogP contribution < -0.4 is 10.6 Å². The Labute approximate surface area is 162 Å². The van der Waals surface area contributed by atoms with Gasteiger partial charge < -0.3 is 10.6 Å². The van der Waals surface area contributed by atoms with E-state index in [2.05, 4.69) is 30.8 Å². The van der Waals surface area contributed by atoms with Crippen molar-refractivity contribution in [2.45, 2.75) is 11.8 Å². The summed E-state index contributed by atoms with van der Waals surface area (Å²) in [7, 11) is -3.27. The molecule has 4 aromatic rings. The molecular formula is C19H18N6O2S. The van der Waals surface area contributed by atoms with Gasteiger partial charge in [0, 0.05) is 22.8 Å². The van der Waals surface area contributed by atoms with Crippen LogP contribution in [-0.2, 0) is 9.84 Å². The van der Waals surface area contributed by atoms with Crippen LogP contribution in [0.25, 0.3) is 10.9 Å². The van der Waals surface area contributed by atoms with Crippen molar-refractivity contribution in [3.8, 4) is 0 Å². The van der Waals surface area contributed by atoms with Gasteiger partial charge >= 0.3 is 0 Å². The monoisotopic (exact) mass is 394 g/mol. The Morgan fingerprint density at radius 3 is 2.46 bits per heavy atom. The van der Waals surface area contributed by atoms with E-state index < -0.39 is 9.84 Å². The van der Waals surface area contributed by atoms with E-state index in [1.807, 2.05) is 18.2 Å². The van der Waals surface area contributed by atoms with Gasteiger partial charge in [-0.05, 0) is 36.4 Å². The number of nitrogens with zero attached hydrogens (tertiary/aromatic N) is 3. The van der Waals surface area contributed by atoms with Gasteiger partial charge in [-0.3, -0.25) is 5.10 Å². The average molecular weight is 394 g/mol. The second kappa shape index (κ2) is 7.28. The van der Waals surface area contributed by atoms with Gasteiger partial charge in [0.05, 0.1) is 22.4 Å². The summed E-state index contributed by atoms with van der Waals surface area (Å²) in [6.45, 7) is 1.62. The highest BCUT2D eigenvalue weighted by atomic mass is 32.2. The maximum Gasteiger partial charge on any atom is 0.178 e. The highest BCUT2D eigenvalue weighted by molar-refractivity contribution is 7.91. The van der Waals surface area contributed by atoms with E-state index >= 15 is 0 Å². The van der Waals surface area contributed by atoms with Crippen LogP contribution >= 0.6 is 0 Å². The zero-order valence-corrected chi connectivity index (χ0v) is 15.9. The molecule has 2 aromatic heterocycles. The molecule has 0 atom stereocenters. The summed E-state index contributed by atoms with van der Waals surface area (Å²) >= 11 is 0. The molecule has 0 radical (unpaired) electrons. The van der Waals surface area contributed by atoms with Crippen LogP contribution in [0.3, 0.4) is 0 Å². The van der Waals surface area contributed by atoms with Crippen molar-refractivity contribution in [1.82, 2.24) is 20.2 Å². The molecule has 0 aliphatic heterocycles. The number of aromatic amines is 1. The number of sulfone groups is 1. The van der Waals surface area contributed by atoms with Gasteiger partial charge in [0.2, 0.25) is 0 Å². The minimum Gasteiger partial charge on any atom is -0.340 e. The van der Waals surface area contributed by atoms with E-state index in [1.54, 1.807) is 43.5 Å². The van der Waals surface area contributed by atoms with Crippen LogP contribution in [0.15, 0.2) is 66.0 Å². The van der Waals surface area contributed by atoms with Crippen molar-refractivity contribution in [1.29, 1.82) is 0 Å². The molecule has 0 aliphatic rings. The van der Waals surface area contributed by atoms with Gasteiger partial charge in [-0.25, -0.2) is 18.4 Å². The number of aromatic nitrogens is 4. The smallest absolute Gasteiger partial charge is 0.178 e. The largest absolute Gasteiger partial charge is 0.340 e. The fourth-order valence-electron chi connectivity index (χ4n) is 2.74. The number of fused-ring (bicyclic) bond motifs is 1. The summed E-state index contributed by atoms with van der Waals surface area (Å²) in [6, 6.07) is 14.2. The molecule has 2 aromatic carbocycles. The van der Waals surface area contributed by atoms with Gasteiger partial charge in [0.25, 0.3) is 0 Å². The van der Waals surface area contributed by atoms with Gasteiger partial charge in [0.15, 0.2) is 9.84 Å². The van der Waals surface area contributed by atoms with E-state index in [1.165, 1.54) is 6.33 Å². The molecule has 3 N–H and O–H groups in total. The first-order valence-electron chi connectivity index (χ1n) is 8.65. The molecule has 0 spiro atoms. The van der Waals surface area contributed by atoms with Crippen LogP contribution in [0.4, 0.5) is 23.0 Å². The molecule has 28 heavy (non-hydrogen) atoms. The SMILES string of the molecule is CCS(=O)(=O)c1cccc(Nc2cc(Nc3ccc4[nH]ncc4c3)ncn2)c1. The second-order valence-corrected chi connectivity index (χ2v) is 8.42. The molecule has 0 unspecified atom stereocenters. The first-order chi connectivity index (χ1) is 13.5. The minimum absolute atomic E-state index is 0.0546. The van der Waals surface area contributed by atoms with Crippen molar-refractivity contribution in [2.75, 3.05) is 16.4 Å². The first-order valence-corrected chi connectivity index (χ1v) is 10.3. The lowest BCUT2D eigenvalue weighted by Gasteiger charge is -2.10. The van der Waals surface area contributed by atoms with E-state index in [4.69, 9.17) is 0 Å². The normalized spacial score (nSPS) is 11.5. The van der Waals surface area contributed by atoms with Crippen molar-refractivity contribution >= 4 is 43.8 Å². The van der Waals surface area contributed by atoms with Gasteiger partial charge in [-0.2, -0.15) is 5.10 Å². The predicted molar refractivity (Wildman–Crippen MR) is 109 cm³/mol.